The summed E-state index contributed by atoms with van der Waals surface area (Å²) >= 11 is 5.79. The zero-order chi connectivity index (χ0) is 10.7. The summed E-state index contributed by atoms with van der Waals surface area (Å²) in [5, 5.41) is 0. The summed E-state index contributed by atoms with van der Waals surface area (Å²) < 4.78 is 12.7. The van der Waals surface area contributed by atoms with Gasteiger partial charge in [0.2, 0.25) is 0 Å². The number of halogens is 2. The van der Waals surface area contributed by atoms with Gasteiger partial charge >= 0.3 is 0 Å². The average molecular weight is 383 g/mol. The SMILES string of the molecule is Brc1ccc(COC2COCC2I)cc1. The second-order valence-electron chi connectivity index (χ2n) is 3.53. The maximum Gasteiger partial charge on any atom is 0.0952 e. The summed E-state index contributed by atoms with van der Waals surface area (Å²) in [6, 6.07) is 8.21. The number of hydrogen-bond donors (Lipinski definition) is 0. The van der Waals surface area contributed by atoms with Crippen molar-refractivity contribution in [1.82, 2.24) is 0 Å². The Kier molecular flexibility index (Phi) is 4.42. The highest BCUT2D eigenvalue weighted by Gasteiger charge is 2.26. The molecule has 0 amide bonds. The molecule has 1 saturated heterocycles. The van der Waals surface area contributed by atoms with E-state index in [-0.39, 0.29) is 6.10 Å². The summed E-state index contributed by atoms with van der Waals surface area (Å²) in [4.78, 5) is 0. The molecular formula is C11H12BrIO2. The Labute approximate surface area is 112 Å². The predicted molar refractivity (Wildman–Crippen MR) is 71.3 cm³/mol. The second-order valence-corrected chi connectivity index (χ2v) is 6.05. The van der Waals surface area contributed by atoms with Crippen LogP contribution in [0.3, 0.4) is 0 Å². The van der Waals surface area contributed by atoms with Crippen LogP contribution < -0.4 is 0 Å². The first-order valence-corrected chi connectivity index (χ1v) is 6.87. The molecule has 0 radical (unpaired) electrons. The highest BCUT2D eigenvalue weighted by atomic mass is 127. The minimum Gasteiger partial charge on any atom is -0.378 e. The van der Waals surface area contributed by atoms with E-state index >= 15 is 0 Å². The molecule has 2 atom stereocenters. The molecule has 15 heavy (non-hydrogen) atoms. The fourth-order valence-corrected chi connectivity index (χ4v) is 2.38. The normalized spacial score (nSPS) is 25.7. The van der Waals surface area contributed by atoms with Crippen LogP contribution in [0.5, 0.6) is 0 Å². The third-order valence-electron chi connectivity index (χ3n) is 2.34. The van der Waals surface area contributed by atoms with Gasteiger partial charge in [0, 0.05) is 4.47 Å². The molecule has 0 N–H and O–H groups in total. The van der Waals surface area contributed by atoms with Crippen LogP contribution in [-0.2, 0) is 16.1 Å². The summed E-state index contributed by atoms with van der Waals surface area (Å²) in [5.41, 5.74) is 1.20. The lowest BCUT2D eigenvalue weighted by Crippen LogP contribution is -2.21. The van der Waals surface area contributed by atoms with E-state index in [1.165, 1.54) is 5.56 Å². The molecule has 0 aliphatic carbocycles. The third kappa shape index (κ3) is 3.41. The zero-order valence-electron chi connectivity index (χ0n) is 8.16. The molecule has 0 spiro atoms. The van der Waals surface area contributed by atoms with Gasteiger partial charge in [-0.3, -0.25) is 0 Å². The molecule has 4 heteroatoms. The fourth-order valence-electron chi connectivity index (χ4n) is 1.44. The summed E-state index contributed by atoms with van der Waals surface area (Å²) in [5.74, 6) is 0. The molecule has 1 aromatic carbocycles. The Bertz CT molecular complexity index is 315. The van der Waals surface area contributed by atoms with Crippen LogP contribution in [0.25, 0.3) is 0 Å². The molecular weight excluding hydrogens is 371 g/mol. The molecule has 2 nitrogen and oxygen atoms in total. The molecule has 2 rings (SSSR count). The smallest absolute Gasteiger partial charge is 0.0952 e. The van der Waals surface area contributed by atoms with Crippen LogP contribution in [-0.4, -0.2) is 23.2 Å². The van der Waals surface area contributed by atoms with Gasteiger partial charge in [-0.1, -0.05) is 50.7 Å². The Morgan fingerprint density at radius 3 is 2.67 bits per heavy atom. The number of rotatable bonds is 3. The van der Waals surface area contributed by atoms with Crippen LogP contribution in [0.2, 0.25) is 0 Å². The molecule has 1 heterocycles. The quantitative estimate of drug-likeness (QED) is 0.590. The molecule has 1 fully saturated rings. The topological polar surface area (TPSA) is 18.5 Å². The highest BCUT2D eigenvalue weighted by molar-refractivity contribution is 14.1. The molecule has 0 bridgehead atoms. The Morgan fingerprint density at radius 2 is 2.07 bits per heavy atom. The molecule has 82 valence electrons. The van der Waals surface area contributed by atoms with Gasteiger partial charge in [-0.2, -0.15) is 0 Å². The van der Waals surface area contributed by atoms with Gasteiger partial charge in [-0.15, -0.1) is 0 Å². The predicted octanol–water partition coefficient (Wildman–Crippen LogP) is 3.17. The van der Waals surface area contributed by atoms with Crippen LogP contribution in [0.4, 0.5) is 0 Å². The monoisotopic (exact) mass is 382 g/mol. The Balaban J connectivity index is 1.85. The first-order valence-electron chi connectivity index (χ1n) is 4.83. The van der Waals surface area contributed by atoms with Crippen LogP contribution in [0.15, 0.2) is 28.7 Å². The van der Waals surface area contributed by atoms with Crippen LogP contribution in [0, 0.1) is 0 Å². The van der Waals surface area contributed by atoms with Gasteiger partial charge in [0.25, 0.3) is 0 Å². The number of hydrogen-bond acceptors (Lipinski definition) is 2. The van der Waals surface area contributed by atoms with Gasteiger partial charge in [0.05, 0.1) is 29.8 Å². The van der Waals surface area contributed by atoms with Crippen molar-refractivity contribution in [2.75, 3.05) is 13.2 Å². The van der Waals surface area contributed by atoms with Crippen molar-refractivity contribution in [1.29, 1.82) is 0 Å². The summed E-state index contributed by atoms with van der Waals surface area (Å²) in [7, 11) is 0. The number of benzene rings is 1. The van der Waals surface area contributed by atoms with Crippen molar-refractivity contribution >= 4 is 38.5 Å². The van der Waals surface area contributed by atoms with E-state index in [1.807, 2.05) is 12.1 Å². The van der Waals surface area contributed by atoms with Crippen molar-refractivity contribution in [3.8, 4) is 0 Å². The van der Waals surface area contributed by atoms with Gasteiger partial charge in [0.15, 0.2) is 0 Å². The molecule has 1 aliphatic heterocycles. The van der Waals surface area contributed by atoms with E-state index in [1.54, 1.807) is 0 Å². The van der Waals surface area contributed by atoms with Gasteiger partial charge < -0.3 is 9.47 Å². The second kappa shape index (κ2) is 5.61. The van der Waals surface area contributed by atoms with Crippen molar-refractivity contribution < 1.29 is 9.47 Å². The lowest BCUT2D eigenvalue weighted by Gasteiger charge is -2.13. The minimum absolute atomic E-state index is 0.245. The lowest BCUT2D eigenvalue weighted by molar-refractivity contribution is 0.0346. The highest BCUT2D eigenvalue weighted by Crippen LogP contribution is 2.20. The van der Waals surface area contributed by atoms with Crippen molar-refractivity contribution in [2.24, 2.45) is 0 Å². The molecule has 0 saturated carbocycles. The summed E-state index contributed by atoms with van der Waals surface area (Å²) in [6.45, 7) is 2.20. The largest absolute Gasteiger partial charge is 0.378 e. The van der Waals surface area contributed by atoms with Crippen LogP contribution in [0.1, 0.15) is 5.56 Å². The van der Waals surface area contributed by atoms with Crippen molar-refractivity contribution in [2.45, 2.75) is 16.6 Å². The maximum absolute atomic E-state index is 5.79. The van der Waals surface area contributed by atoms with Gasteiger partial charge in [-0.25, -0.2) is 0 Å². The van der Waals surface area contributed by atoms with Crippen LogP contribution >= 0.6 is 38.5 Å². The lowest BCUT2D eigenvalue weighted by atomic mass is 10.2. The number of alkyl halides is 1. The maximum atomic E-state index is 5.79. The fraction of sp³-hybridized carbons (Fsp3) is 0.455. The standard InChI is InChI=1S/C11H12BrIO2/c12-9-3-1-8(2-4-9)5-15-11-7-14-6-10(11)13/h1-4,10-11H,5-7H2. The molecule has 1 aromatic rings. The van der Waals surface area contributed by atoms with E-state index in [2.05, 4.69) is 50.7 Å². The van der Waals surface area contributed by atoms with E-state index < -0.39 is 0 Å². The number of ether oxygens (including phenoxy) is 2. The molecule has 1 aliphatic rings. The van der Waals surface area contributed by atoms with E-state index in [9.17, 15) is 0 Å². The van der Waals surface area contributed by atoms with Gasteiger partial charge in [-0.05, 0) is 17.7 Å². The molecule has 0 aromatic heterocycles. The first kappa shape index (κ1) is 11.8. The first-order chi connectivity index (χ1) is 7.25. The van der Waals surface area contributed by atoms with Crippen molar-refractivity contribution in [3.63, 3.8) is 0 Å². The van der Waals surface area contributed by atoms with E-state index in [0.717, 1.165) is 17.7 Å². The summed E-state index contributed by atoms with van der Waals surface area (Å²) in [6.07, 6.45) is 0.245. The van der Waals surface area contributed by atoms with E-state index in [0.29, 0.717) is 10.5 Å². The molecule has 2 unspecified atom stereocenters. The van der Waals surface area contributed by atoms with Crippen molar-refractivity contribution in [3.05, 3.63) is 34.3 Å². The van der Waals surface area contributed by atoms with Gasteiger partial charge in [0.1, 0.15) is 0 Å². The third-order valence-corrected chi connectivity index (χ3v) is 4.03. The Hall–Kier alpha value is 0.350. The van der Waals surface area contributed by atoms with E-state index in [4.69, 9.17) is 9.47 Å². The minimum atomic E-state index is 0.245. The average Bonchev–Trinajstić information content (AvgIpc) is 2.63. The Morgan fingerprint density at radius 1 is 1.33 bits per heavy atom. The zero-order valence-corrected chi connectivity index (χ0v) is 11.9.